The van der Waals surface area contributed by atoms with E-state index in [2.05, 4.69) is 10.3 Å². The molecule has 2 aliphatic rings. The van der Waals surface area contributed by atoms with Crippen LogP contribution in [0.3, 0.4) is 0 Å². The fourth-order valence-electron chi connectivity index (χ4n) is 3.43. The lowest BCUT2D eigenvalue weighted by Gasteiger charge is -2.35. The number of carbonyl (C=O) groups is 2. The average molecular weight is 377 g/mol. The van der Waals surface area contributed by atoms with E-state index in [1.807, 2.05) is 24.3 Å². The molecule has 8 heteroatoms. The first kappa shape index (κ1) is 16.4. The van der Waals surface area contributed by atoms with Crippen LogP contribution in [0.25, 0.3) is 10.6 Å². The van der Waals surface area contributed by atoms with Crippen molar-refractivity contribution in [3.8, 4) is 10.6 Å². The van der Waals surface area contributed by atoms with Crippen molar-refractivity contribution in [2.24, 2.45) is 0 Å². The van der Waals surface area contributed by atoms with Gasteiger partial charge in [-0.25, -0.2) is 9.78 Å². The van der Waals surface area contributed by atoms with Crippen LogP contribution in [0, 0.1) is 0 Å². The van der Waals surface area contributed by atoms with Crippen molar-refractivity contribution < 1.29 is 9.59 Å². The van der Waals surface area contributed by atoms with Crippen LogP contribution in [-0.4, -0.2) is 58.9 Å². The first-order valence-electron chi connectivity index (χ1n) is 8.07. The molecule has 2 atom stereocenters. The first-order chi connectivity index (χ1) is 12.0. The van der Waals surface area contributed by atoms with E-state index in [0.717, 1.165) is 17.0 Å². The zero-order valence-electron chi connectivity index (χ0n) is 13.6. The summed E-state index contributed by atoms with van der Waals surface area (Å²) >= 11 is 7.62. The number of benzene rings is 1. The Hall–Kier alpha value is -2.12. The topological polar surface area (TPSA) is 65.5 Å². The third kappa shape index (κ3) is 2.87. The van der Waals surface area contributed by atoms with Gasteiger partial charge in [-0.15, -0.1) is 11.3 Å². The summed E-state index contributed by atoms with van der Waals surface area (Å²) in [4.78, 5) is 32.5. The number of amides is 3. The number of fused-ring (bicyclic) bond motifs is 1. The van der Waals surface area contributed by atoms with Gasteiger partial charge in [0, 0.05) is 31.1 Å². The highest BCUT2D eigenvalue weighted by atomic mass is 35.5. The van der Waals surface area contributed by atoms with Crippen LogP contribution in [0.4, 0.5) is 4.79 Å². The molecule has 25 heavy (non-hydrogen) atoms. The monoisotopic (exact) mass is 376 g/mol. The first-order valence-corrected chi connectivity index (χ1v) is 9.33. The van der Waals surface area contributed by atoms with E-state index in [-0.39, 0.29) is 24.0 Å². The Bertz CT molecular complexity index is 840. The maximum atomic E-state index is 12.8. The van der Waals surface area contributed by atoms with Gasteiger partial charge < -0.3 is 15.1 Å². The molecule has 1 N–H and O–H groups in total. The fourth-order valence-corrected chi connectivity index (χ4v) is 4.55. The number of likely N-dealkylation sites (N-methyl/N-ethyl adjacent to an activating group) is 1. The highest BCUT2D eigenvalue weighted by Gasteiger charge is 2.42. The van der Waals surface area contributed by atoms with Crippen LogP contribution < -0.4 is 5.32 Å². The third-order valence-electron chi connectivity index (χ3n) is 4.82. The normalized spacial score (nSPS) is 22.7. The quantitative estimate of drug-likeness (QED) is 0.876. The zero-order valence-corrected chi connectivity index (χ0v) is 15.2. The lowest BCUT2D eigenvalue weighted by molar-refractivity contribution is 0.0661. The number of hydrogen-bond donors (Lipinski definition) is 1. The molecule has 0 aliphatic carbocycles. The second kappa shape index (κ2) is 6.31. The van der Waals surface area contributed by atoms with Crippen LogP contribution >= 0.6 is 22.9 Å². The summed E-state index contributed by atoms with van der Waals surface area (Å²) in [6, 6.07) is 7.53. The average Bonchev–Trinajstić information content (AvgIpc) is 3.20. The van der Waals surface area contributed by atoms with Gasteiger partial charge in [0.1, 0.15) is 10.7 Å². The lowest BCUT2D eigenvalue weighted by atomic mass is 10.00. The number of nitrogens with zero attached hydrogens (tertiary/aromatic N) is 3. The Balaban J connectivity index is 1.51. The van der Waals surface area contributed by atoms with Crippen molar-refractivity contribution >= 4 is 34.9 Å². The number of hydrogen-bond acceptors (Lipinski definition) is 4. The summed E-state index contributed by atoms with van der Waals surface area (Å²) in [7, 11) is 1.80. The highest BCUT2D eigenvalue weighted by Crippen LogP contribution is 2.31. The van der Waals surface area contributed by atoms with Gasteiger partial charge in [0.05, 0.1) is 17.1 Å². The number of aromatic nitrogens is 1. The summed E-state index contributed by atoms with van der Waals surface area (Å²) in [6.07, 6.45) is 0.771. The van der Waals surface area contributed by atoms with Crippen LogP contribution in [-0.2, 0) is 0 Å². The minimum atomic E-state index is -0.100. The molecule has 1 aromatic heterocycles. The van der Waals surface area contributed by atoms with Crippen molar-refractivity contribution in [1.29, 1.82) is 0 Å². The van der Waals surface area contributed by atoms with Gasteiger partial charge in [0.2, 0.25) is 0 Å². The number of likely N-dealkylation sites (tertiary alicyclic amines) is 1. The third-order valence-corrected chi connectivity index (χ3v) is 6.02. The molecule has 3 amide bonds. The SMILES string of the molecule is CN1C(=O)N[C@@H]2CN(C(=O)c3csc(-c4ccccc4Cl)n3)CC[C@@H]21. The van der Waals surface area contributed by atoms with Gasteiger partial charge in [-0.2, -0.15) is 0 Å². The zero-order chi connectivity index (χ0) is 17.6. The molecule has 0 saturated carbocycles. The smallest absolute Gasteiger partial charge is 0.317 e. The predicted molar refractivity (Wildman–Crippen MR) is 97.0 cm³/mol. The molecule has 2 aromatic rings. The molecule has 2 aliphatic heterocycles. The molecule has 1 aromatic carbocycles. The van der Waals surface area contributed by atoms with E-state index in [0.29, 0.717) is 23.8 Å². The van der Waals surface area contributed by atoms with E-state index in [1.165, 1.54) is 11.3 Å². The van der Waals surface area contributed by atoms with Crippen molar-refractivity contribution in [1.82, 2.24) is 20.1 Å². The minimum Gasteiger partial charge on any atom is -0.335 e. The molecule has 6 nitrogen and oxygen atoms in total. The van der Waals surface area contributed by atoms with Crippen LogP contribution in [0.15, 0.2) is 29.6 Å². The summed E-state index contributed by atoms with van der Waals surface area (Å²) in [6.45, 7) is 1.14. The maximum Gasteiger partial charge on any atom is 0.317 e. The van der Waals surface area contributed by atoms with Gasteiger partial charge in [-0.05, 0) is 12.5 Å². The molecule has 2 fully saturated rings. The van der Waals surface area contributed by atoms with Gasteiger partial charge in [0.25, 0.3) is 5.91 Å². The highest BCUT2D eigenvalue weighted by molar-refractivity contribution is 7.13. The van der Waals surface area contributed by atoms with Gasteiger partial charge >= 0.3 is 6.03 Å². The van der Waals surface area contributed by atoms with Crippen LogP contribution in [0.5, 0.6) is 0 Å². The molecule has 0 spiro atoms. The van der Waals surface area contributed by atoms with Gasteiger partial charge in [-0.3, -0.25) is 4.79 Å². The number of halogens is 1. The minimum absolute atomic E-state index is 0.0168. The van der Waals surface area contributed by atoms with Crippen molar-refractivity contribution in [2.45, 2.75) is 18.5 Å². The second-order valence-electron chi connectivity index (χ2n) is 6.29. The molecule has 3 heterocycles. The summed E-state index contributed by atoms with van der Waals surface area (Å²) in [5, 5.41) is 6.06. The van der Waals surface area contributed by atoms with E-state index in [1.54, 1.807) is 22.2 Å². The van der Waals surface area contributed by atoms with E-state index in [4.69, 9.17) is 11.6 Å². The Kier molecular flexibility index (Phi) is 4.13. The predicted octanol–water partition coefficient (Wildman–Crippen LogP) is 2.70. The standard InChI is InChI=1S/C17H17ClN4O2S/c1-21-14-6-7-22(8-12(14)20-17(21)24)16(23)13-9-25-15(19-13)10-4-2-3-5-11(10)18/h2-5,9,12,14H,6-8H2,1H3,(H,20,24)/t12-,14+/m1/s1. The van der Waals surface area contributed by atoms with Crippen LogP contribution in [0.2, 0.25) is 5.02 Å². The Morgan fingerprint density at radius 1 is 1.40 bits per heavy atom. The molecule has 4 rings (SSSR count). The van der Waals surface area contributed by atoms with Crippen LogP contribution in [0.1, 0.15) is 16.9 Å². The maximum absolute atomic E-state index is 12.8. The number of nitrogens with one attached hydrogen (secondary N) is 1. The summed E-state index contributed by atoms with van der Waals surface area (Å²) in [5.41, 5.74) is 1.26. The fraction of sp³-hybridized carbons (Fsp3) is 0.353. The van der Waals surface area contributed by atoms with Gasteiger partial charge in [0.15, 0.2) is 0 Å². The number of piperidine rings is 1. The van der Waals surface area contributed by atoms with Crippen molar-refractivity contribution in [3.05, 3.63) is 40.4 Å². The Morgan fingerprint density at radius 2 is 2.20 bits per heavy atom. The number of rotatable bonds is 2. The molecule has 0 radical (unpaired) electrons. The molecule has 0 bridgehead atoms. The largest absolute Gasteiger partial charge is 0.335 e. The molecular weight excluding hydrogens is 360 g/mol. The van der Waals surface area contributed by atoms with E-state index < -0.39 is 0 Å². The number of thiazole rings is 1. The lowest BCUT2D eigenvalue weighted by Crippen LogP contribution is -2.52. The van der Waals surface area contributed by atoms with E-state index >= 15 is 0 Å². The summed E-state index contributed by atoms with van der Waals surface area (Å²) < 4.78 is 0. The molecular formula is C17H17ClN4O2S. The number of urea groups is 1. The van der Waals surface area contributed by atoms with Gasteiger partial charge in [-0.1, -0.05) is 29.8 Å². The molecule has 0 unspecified atom stereocenters. The Morgan fingerprint density at radius 3 is 3.00 bits per heavy atom. The van der Waals surface area contributed by atoms with E-state index in [9.17, 15) is 9.59 Å². The summed E-state index contributed by atoms with van der Waals surface area (Å²) in [5.74, 6) is -0.100. The second-order valence-corrected chi connectivity index (χ2v) is 7.56. The number of carbonyl (C=O) groups excluding carboxylic acids is 2. The van der Waals surface area contributed by atoms with Crippen molar-refractivity contribution in [3.63, 3.8) is 0 Å². The molecule has 2 saturated heterocycles. The van der Waals surface area contributed by atoms with Crippen molar-refractivity contribution in [2.75, 3.05) is 20.1 Å². The molecule has 130 valence electrons. The Labute approximate surface area is 154 Å².